The molecule has 2 nitrogen and oxygen atoms in total. The maximum atomic E-state index is 5.58. The van der Waals surface area contributed by atoms with Gasteiger partial charge < -0.3 is 10.1 Å². The number of methoxy groups -OCH3 is 1. The van der Waals surface area contributed by atoms with Crippen LogP contribution in [0.5, 0.6) is 0 Å². The molecule has 0 aromatic heterocycles. The summed E-state index contributed by atoms with van der Waals surface area (Å²) in [7, 11) is 1.84. The summed E-state index contributed by atoms with van der Waals surface area (Å²) in [5.41, 5.74) is 1.44. The van der Waals surface area contributed by atoms with Gasteiger partial charge in [0.1, 0.15) is 0 Å². The van der Waals surface area contributed by atoms with E-state index in [4.69, 9.17) is 4.74 Å². The third-order valence-electron chi connectivity index (χ3n) is 4.36. The lowest BCUT2D eigenvalue weighted by Crippen LogP contribution is -2.43. The Balaban J connectivity index is 1.73. The molecular formula is C17H27NO. The van der Waals surface area contributed by atoms with E-state index in [-0.39, 0.29) is 0 Å². The molecule has 0 heterocycles. The molecule has 1 aromatic carbocycles. The molecule has 0 bridgehead atoms. The number of ether oxygens (including phenoxy) is 1. The number of benzene rings is 1. The molecule has 0 amide bonds. The minimum Gasteiger partial charge on any atom is -0.380 e. The lowest BCUT2D eigenvalue weighted by atomic mass is 9.92. The molecule has 1 saturated carbocycles. The first-order valence-electron chi connectivity index (χ1n) is 7.62. The van der Waals surface area contributed by atoms with Crippen LogP contribution in [0.3, 0.4) is 0 Å². The van der Waals surface area contributed by atoms with Crippen molar-refractivity contribution in [2.75, 3.05) is 13.7 Å². The second-order valence-electron chi connectivity index (χ2n) is 5.72. The van der Waals surface area contributed by atoms with Gasteiger partial charge >= 0.3 is 0 Å². The van der Waals surface area contributed by atoms with Crippen LogP contribution in [0.4, 0.5) is 0 Å². The number of nitrogens with one attached hydrogen (secondary N) is 1. The van der Waals surface area contributed by atoms with E-state index < -0.39 is 0 Å². The maximum Gasteiger partial charge on any atom is 0.0724 e. The summed E-state index contributed by atoms with van der Waals surface area (Å²) in [5, 5.41) is 3.70. The highest BCUT2D eigenvalue weighted by atomic mass is 16.5. The molecule has 3 atom stereocenters. The maximum absolute atomic E-state index is 5.58. The van der Waals surface area contributed by atoms with E-state index in [1.807, 2.05) is 7.11 Å². The monoisotopic (exact) mass is 261 g/mol. The van der Waals surface area contributed by atoms with Gasteiger partial charge in [-0.1, -0.05) is 50.1 Å². The Kier molecular flexibility index (Phi) is 5.87. The average Bonchev–Trinajstić information content (AvgIpc) is 2.48. The second kappa shape index (κ2) is 7.66. The minimum absolute atomic E-state index is 0.417. The summed E-state index contributed by atoms with van der Waals surface area (Å²) in [6.07, 6.45) is 6.74. The van der Waals surface area contributed by atoms with Crippen molar-refractivity contribution in [2.24, 2.45) is 0 Å². The van der Waals surface area contributed by atoms with Gasteiger partial charge in [-0.15, -0.1) is 0 Å². The Morgan fingerprint density at radius 3 is 2.68 bits per heavy atom. The van der Waals surface area contributed by atoms with Gasteiger partial charge in [0.15, 0.2) is 0 Å². The van der Waals surface area contributed by atoms with Gasteiger partial charge in [0.05, 0.1) is 6.10 Å². The van der Waals surface area contributed by atoms with Crippen LogP contribution in [0.1, 0.15) is 50.5 Å². The summed E-state index contributed by atoms with van der Waals surface area (Å²) in [6, 6.07) is 11.3. The first-order valence-corrected chi connectivity index (χ1v) is 7.62. The molecule has 106 valence electrons. The molecule has 1 aromatic rings. The van der Waals surface area contributed by atoms with E-state index in [0.29, 0.717) is 18.1 Å². The summed E-state index contributed by atoms with van der Waals surface area (Å²) in [4.78, 5) is 0. The van der Waals surface area contributed by atoms with Crippen LogP contribution in [-0.4, -0.2) is 25.8 Å². The van der Waals surface area contributed by atoms with Gasteiger partial charge in [-0.3, -0.25) is 0 Å². The van der Waals surface area contributed by atoms with Crippen molar-refractivity contribution in [1.29, 1.82) is 0 Å². The predicted octanol–water partition coefficient (Wildman–Crippen LogP) is 3.73. The van der Waals surface area contributed by atoms with Gasteiger partial charge in [-0.25, -0.2) is 0 Å². The summed E-state index contributed by atoms with van der Waals surface area (Å²) in [6.45, 7) is 3.40. The zero-order valence-corrected chi connectivity index (χ0v) is 12.3. The highest BCUT2D eigenvalue weighted by Gasteiger charge is 2.24. The van der Waals surface area contributed by atoms with Crippen molar-refractivity contribution in [3.05, 3.63) is 35.9 Å². The quantitative estimate of drug-likeness (QED) is 0.842. The molecule has 0 spiro atoms. The van der Waals surface area contributed by atoms with Crippen LogP contribution in [-0.2, 0) is 4.74 Å². The number of hydrogen-bond acceptors (Lipinski definition) is 2. The van der Waals surface area contributed by atoms with Crippen LogP contribution in [0.25, 0.3) is 0 Å². The van der Waals surface area contributed by atoms with Crippen LogP contribution in [0.15, 0.2) is 30.3 Å². The molecule has 3 unspecified atom stereocenters. The third kappa shape index (κ3) is 4.32. The number of hydrogen-bond donors (Lipinski definition) is 1. The molecule has 1 aliphatic rings. The first kappa shape index (κ1) is 14.5. The van der Waals surface area contributed by atoms with Gasteiger partial charge in [0.2, 0.25) is 0 Å². The third-order valence-corrected chi connectivity index (χ3v) is 4.36. The topological polar surface area (TPSA) is 21.3 Å². The fourth-order valence-electron chi connectivity index (χ4n) is 3.05. The Bertz CT molecular complexity index is 352. The Labute approximate surface area is 117 Å². The summed E-state index contributed by atoms with van der Waals surface area (Å²) in [5.74, 6) is 0.623. The molecule has 0 radical (unpaired) electrons. The van der Waals surface area contributed by atoms with Gasteiger partial charge in [0.25, 0.3) is 0 Å². The summed E-state index contributed by atoms with van der Waals surface area (Å²) >= 11 is 0. The molecule has 1 aliphatic carbocycles. The van der Waals surface area contributed by atoms with Crippen molar-refractivity contribution >= 4 is 0 Å². The van der Waals surface area contributed by atoms with E-state index in [2.05, 4.69) is 42.6 Å². The van der Waals surface area contributed by atoms with Gasteiger partial charge in [-0.2, -0.15) is 0 Å². The molecule has 1 N–H and O–H groups in total. The van der Waals surface area contributed by atoms with E-state index in [9.17, 15) is 0 Å². The molecule has 19 heavy (non-hydrogen) atoms. The smallest absolute Gasteiger partial charge is 0.0724 e. The highest BCUT2D eigenvalue weighted by Crippen LogP contribution is 2.22. The Morgan fingerprint density at radius 1 is 1.21 bits per heavy atom. The van der Waals surface area contributed by atoms with Crippen LogP contribution < -0.4 is 5.32 Å². The molecule has 0 aliphatic heterocycles. The Morgan fingerprint density at radius 2 is 1.95 bits per heavy atom. The molecular weight excluding hydrogens is 234 g/mol. The average molecular weight is 261 g/mol. The number of rotatable bonds is 6. The zero-order valence-electron chi connectivity index (χ0n) is 12.3. The normalized spacial score (nSPS) is 25.2. The van der Waals surface area contributed by atoms with Crippen LogP contribution >= 0.6 is 0 Å². The largest absolute Gasteiger partial charge is 0.380 e. The lowest BCUT2D eigenvalue weighted by Gasteiger charge is -2.31. The van der Waals surface area contributed by atoms with E-state index >= 15 is 0 Å². The molecule has 0 saturated heterocycles. The SMILES string of the molecule is COC1CCCCC1NCCC(C)c1ccccc1. The van der Waals surface area contributed by atoms with Crippen LogP contribution in [0.2, 0.25) is 0 Å². The van der Waals surface area contributed by atoms with Crippen molar-refractivity contribution in [1.82, 2.24) is 5.32 Å². The Hall–Kier alpha value is -0.860. The molecule has 1 fully saturated rings. The van der Waals surface area contributed by atoms with Gasteiger partial charge in [0, 0.05) is 13.2 Å². The first-order chi connectivity index (χ1) is 9.31. The minimum atomic E-state index is 0.417. The van der Waals surface area contributed by atoms with Crippen molar-refractivity contribution in [3.8, 4) is 0 Å². The van der Waals surface area contributed by atoms with Gasteiger partial charge in [-0.05, 0) is 37.3 Å². The second-order valence-corrected chi connectivity index (χ2v) is 5.72. The van der Waals surface area contributed by atoms with Crippen molar-refractivity contribution in [2.45, 2.75) is 57.1 Å². The fraction of sp³-hybridized carbons (Fsp3) is 0.647. The van der Waals surface area contributed by atoms with E-state index in [1.54, 1.807) is 0 Å². The van der Waals surface area contributed by atoms with E-state index in [1.165, 1.54) is 37.7 Å². The molecule has 2 rings (SSSR count). The summed E-state index contributed by atoms with van der Waals surface area (Å²) < 4.78 is 5.58. The zero-order chi connectivity index (χ0) is 13.5. The highest BCUT2D eigenvalue weighted by molar-refractivity contribution is 5.18. The predicted molar refractivity (Wildman–Crippen MR) is 80.5 cm³/mol. The fourth-order valence-corrected chi connectivity index (χ4v) is 3.05. The lowest BCUT2D eigenvalue weighted by molar-refractivity contribution is 0.0418. The van der Waals surface area contributed by atoms with Crippen LogP contribution in [0, 0.1) is 0 Å². The van der Waals surface area contributed by atoms with Crippen molar-refractivity contribution in [3.63, 3.8) is 0 Å². The standard InChI is InChI=1S/C17H27NO/c1-14(15-8-4-3-5-9-15)12-13-18-16-10-6-7-11-17(16)19-2/h3-5,8-9,14,16-18H,6-7,10-13H2,1-2H3. The van der Waals surface area contributed by atoms with Crippen molar-refractivity contribution < 1.29 is 4.74 Å². The van der Waals surface area contributed by atoms with E-state index in [0.717, 1.165) is 6.54 Å². The molecule has 2 heteroatoms.